The molecule has 0 aliphatic heterocycles. The summed E-state index contributed by atoms with van der Waals surface area (Å²) in [5.74, 6) is 0.882. The van der Waals surface area contributed by atoms with E-state index in [1.165, 1.54) is 10.4 Å². The minimum absolute atomic E-state index is 0.0882. The Bertz CT molecular complexity index is 811. The van der Waals surface area contributed by atoms with Crippen LogP contribution in [0, 0.1) is 0 Å². The van der Waals surface area contributed by atoms with Crippen LogP contribution in [0.4, 0.5) is 0 Å². The highest BCUT2D eigenvalue weighted by Gasteiger charge is 2.27. The highest BCUT2D eigenvalue weighted by molar-refractivity contribution is 7.00. The Morgan fingerprint density at radius 1 is 0.800 bits per heavy atom. The van der Waals surface area contributed by atoms with Crippen molar-refractivity contribution in [2.24, 2.45) is 0 Å². The van der Waals surface area contributed by atoms with Gasteiger partial charge >= 0.3 is 0 Å². The van der Waals surface area contributed by atoms with Gasteiger partial charge in [0.1, 0.15) is 20.4 Å². The van der Waals surface area contributed by atoms with Gasteiger partial charge in [-0.3, -0.25) is 0 Å². The molecule has 0 aromatic heterocycles. The lowest BCUT2D eigenvalue weighted by atomic mass is 10.2. The Morgan fingerprint density at radius 2 is 1.44 bits per heavy atom. The Kier molecular flexibility index (Phi) is 5.36. The van der Waals surface area contributed by atoms with Gasteiger partial charge in [0.2, 0.25) is 0 Å². The molecular weight excluding hydrogens is 324 g/mol. The van der Waals surface area contributed by atoms with Crippen molar-refractivity contribution in [1.29, 1.82) is 0 Å². The second-order valence-corrected chi connectivity index (χ2v) is 11.1. The first kappa shape index (κ1) is 17.5. The normalized spacial score (nSPS) is 11.3. The summed E-state index contributed by atoms with van der Waals surface area (Å²) < 4.78 is 5.89. The number of hydrogen-bond donors (Lipinski definition) is 1. The fraction of sp³-hybridized carbons (Fsp3) is 0.182. The second kappa shape index (κ2) is 7.68. The maximum absolute atomic E-state index is 9.65. The van der Waals surface area contributed by atoms with Crippen molar-refractivity contribution >= 4 is 18.4 Å². The lowest BCUT2D eigenvalue weighted by Gasteiger charge is -2.26. The molecule has 0 atom stereocenters. The van der Waals surface area contributed by atoms with Crippen molar-refractivity contribution < 1.29 is 9.84 Å². The van der Waals surface area contributed by atoms with Crippen LogP contribution in [-0.2, 0) is 13.2 Å². The highest BCUT2D eigenvalue weighted by Crippen LogP contribution is 2.14. The number of ether oxygens (including phenoxy) is 1. The molecule has 3 heteroatoms. The van der Waals surface area contributed by atoms with E-state index in [0.717, 1.165) is 16.9 Å². The first-order valence-corrected chi connectivity index (χ1v) is 11.6. The molecule has 25 heavy (non-hydrogen) atoms. The third kappa shape index (κ3) is 4.01. The van der Waals surface area contributed by atoms with Gasteiger partial charge in [-0.1, -0.05) is 85.0 Å². The van der Waals surface area contributed by atoms with Crippen molar-refractivity contribution in [3.63, 3.8) is 0 Å². The SMILES string of the molecule is C[Si](C)(c1ccc(OCc2ccccc2)cc1)c1ccccc1CO. The van der Waals surface area contributed by atoms with Crippen LogP contribution >= 0.6 is 0 Å². The van der Waals surface area contributed by atoms with Crippen molar-refractivity contribution in [2.75, 3.05) is 0 Å². The van der Waals surface area contributed by atoms with E-state index >= 15 is 0 Å². The lowest BCUT2D eigenvalue weighted by molar-refractivity contribution is 0.283. The predicted octanol–water partition coefficient (Wildman–Crippen LogP) is 3.58. The summed E-state index contributed by atoms with van der Waals surface area (Å²) in [6.45, 7) is 5.31. The molecule has 3 aromatic carbocycles. The maximum atomic E-state index is 9.65. The van der Waals surface area contributed by atoms with Crippen LogP contribution in [0.25, 0.3) is 0 Å². The van der Waals surface area contributed by atoms with Gasteiger partial charge in [0.25, 0.3) is 0 Å². The molecule has 128 valence electrons. The number of aliphatic hydroxyl groups excluding tert-OH is 1. The second-order valence-electron chi connectivity index (χ2n) is 6.74. The summed E-state index contributed by atoms with van der Waals surface area (Å²) in [5, 5.41) is 12.3. The van der Waals surface area contributed by atoms with E-state index in [-0.39, 0.29) is 6.61 Å². The van der Waals surface area contributed by atoms with Crippen LogP contribution in [0.1, 0.15) is 11.1 Å². The van der Waals surface area contributed by atoms with E-state index in [2.05, 4.69) is 61.6 Å². The van der Waals surface area contributed by atoms with E-state index in [1.807, 2.05) is 30.3 Å². The van der Waals surface area contributed by atoms with E-state index < -0.39 is 8.07 Å². The van der Waals surface area contributed by atoms with Crippen LogP contribution in [-0.4, -0.2) is 13.2 Å². The Hall–Kier alpha value is -2.36. The number of hydrogen-bond acceptors (Lipinski definition) is 2. The van der Waals surface area contributed by atoms with Gasteiger partial charge in [-0.25, -0.2) is 0 Å². The zero-order chi connectivity index (χ0) is 17.7. The molecule has 0 saturated heterocycles. The summed E-state index contributed by atoms with van der Waals surface area (Å²) in [6, 6.07) is 26.8. The van der Waals surface area contributed by atoms with Gasteiger partial charge in [0.05, 0.1) is 6.61 Å². The fourth-order valence-corrected chi connectivity index (χ4v) is 5.92. The Balaban J connectivity index is 1.77. The van der Waals surface area contributed by atoms with Crippen molar-refractivity contribution in [2.45, 2.75) is 26.3 Å². The molecule has 0 radical (unpaired) electrons. The van der Waals surface area contributed by atoms with Crippen molar-refractivity contribution in [1.82, 2.24) is 0 Å². The molecule has 0 spiro atoms. The summed E-state index contributed by atoms with van der Waals surface area (Å²) in [6.07, 6.45) is 0. The minimum Gasteiger partial charge on any atom is -0.489 e. The van der Waals surface area contributed by atoms with Gasteiger partial charge in [-0.2, -0.15) is 0 Å². The molecular formula is C22H24O2Si. The fourth-order valence-electron chi connectivity index (χ4n) is 3.13. The molecule has 0 unspecified atom stereocenters. The number of rotatable bonds is 6. The summed E-state index contributed by atoms with van der Waals surface area (Å²) >= 11 is 0. The molecule has 3 aromatic rings. The van der Waals surface area contributed by atoms with Gasteiger partial charge < -0.3 is 9.84 Å². The van der Waals surface area contributed by atoms with Crippen LogP contribution < -0.4 is 15.1 Å². The van der Waals surface area contributed by atoms with Crippen molar-refractivity contribution in [3.05, 3.63) is 90.0 Å². The molecule has 2 nitrogen and oxygen atoms in total. The molecule has 0 aliphatic rings. The van der Waals surface area contributed by atoms with Gasteiger partial charge in [-0.15, -0.1) is 0 Å². The molecule has 3 rings (SSSR count). The average Bonchev–Trinajstić information content (AvgIpc) is 2.67. The number of benzene rings is 3. The summed E-state index contributed by atoms with van der Waals surface area (Å²) in [7, 11) is -1.85. The molecule has 0 saturated carbocycles. The highest BCUT2D eigenvalue weighted by atomic mass is 28.3. The molecule has 0 heterocycles. The topological polar surface area (TPSA) is 29.5 Å². The molecule has 0 amide bonds. The summed E-state index contributed by atoms with van der Waals surface area (Å²) in [5.41, 5.74) is 2.20. The van der Waals surface area contributed by atoms with Crippen LogP contribution in [0.3, 0.4) is 0 Å². The molecule has 0 aliphatic carbocycles. The zero-order valence-corrected chi connectivity index (χ0v) is 15.8. The van der Waals surface area contributed by atoms with Crippen LogP contribution in [0.2, 0.25) is 13.1 Å². The quantitative estimate of drug-likeness (QED) is 0.690. The molecule has 0 fully saturated rings. The monoisotopic (exact) mass is 348 g/mol. The van der Waals surface area contributed by atoms with E-state index in [1.54, 1.807) is 0 Å². The van der Waals surface area contributed by atoms with Gasteiger partial charge in [-0.05, 0) is 28.4 Å². The largest absolute Gasteiger partial charge is 0.489 e. The van der Waals surface area contributed by atoms with Gasteiger partial charge in [0, 0.05) is 0 Å². The maximum Gasteiger partial charge on any atom is 0.119 e. The molecule has 1 N–H and O–H groups in total. The predicted molar refractivity (Wildman–Crippen MR) is 106 cm³/mol. The van der Waals surface area contributed by atoms with Crippen LogP contribution in [0.5, 0.6) is 5.75 Å². The minimum atomic E-state index is -1.85. The summed E-state index contributed by atoms with van der Waals surface area (Å²) in [4.78, 5) is 0. The van der Waals surface area contributed by atoms with Gasteiger partial charge in [0.15, 0.2) is 0 Å². The Labute approximate surface area is 150 Å². The first-order chi connectivity index (χ1) is 12.1. The van der Waals surface area contributed by atoms with Crippen LogP contribution in [0.15, 0.2) is 78.9 Å². The average molecular weight is 349 g/mol. The lowest BCUT2D eigenvalue weighted by Crippen LogP contribution is -2.54. The Morgan fingerprint density at radius 3 is 2.12 bits per heavy atom. The first-order valence-electron chi connectivity index (χ1n) is 8.58. The third-order valence-corrected chi connectivity index (χ3v) is 8.30. The van der Waals surface area contributed by atoms with Crippen molar-refractivity contribution in [3.8, 4) is 5.75 Å². The smallest absolute Gasteiger partial charge is 0.119 e. The number of aliphatic hydroxyl groups is 1. The van der Waals surface area contributed by atoms with E-state index in [4.69, 9.17) is 4.74 Å². The third-order valence-electron chi connectivity index (χ3n) is 4.69. The zero-order valence-electron chi connectivity index (χ0n) is 14.8. The van der Waals surface area contributed by atoms with E-state index in [0.29, 0.717) is 6.61 Å². The molecule has 0 bridgehead atoms. The standard InChI is InChI=1S/C22H24O2Si/c1-25(2,22-11-7-6-10-19(22)16-23)21-14-12-20(13-15-21)24-17-18-8-4-3-5-9-18/h3-15,23H,16-17H2,1-2H3. The van der Waals surface area contributed by atoms with E-state index in [9.17, 15) is 5.11 Å².